The summed E-state index contributed by atoms with van der Waals surface area (Å²) >= 11 is 0. The van der Waals surface area contributed by atoms with Gasteiger partial charge in [0.1, 0.15) is 0 Å². The van der Waals surface area contributed by atoms with Crippen molar-refractivity contribution < 1.29 is 14.3 Å². The van der Waals surface area contributed by atoms with Crippen LogP contribution in [0.1, 0.15) is 47.0 Å². The lowest BCUT2D eigenvalue weighted by molar-refractivity contribution is -0.142. The predicted octanol–water partition coefficient (Wildman–Crippen LogP) is 3.89. The molecule has 2 rings (SSSR count). The van der Waals surface area contributed by atoms with Crippen molar-refractivity contribution in [3.05, 3.63) is 10.8 Å². The molecule has 2 aliphatic carbocycles. The SMILES string of the molecule is CC(=O)OCC1CC2=C([Si](C)(C)C(C)(C)C)C(=O)CC2C1. The molecule has 2 aliphatic rings. The maximum Gasteiger partial charge on any atom is 0.302 e. The largest absolute Gasteiger partial charge is 0.466 e. The second-order valence-corrected chi connectivity index (χ2v) is 13.5. The summed E-state index contributed by atoms with van der Waals surface area (Å²) in [7, 11) is -1.77. The fraction of sp³-hybridized carbons (Fsp3) is 0.765. The topological polar surface area (TPSA) is 43.4 Å². The summed E-state index contributed by atoms with van der Waals surface area (Å²) in [4.78, 5) is 23.5. The number of Topliss-reactive ketones (excluding diaryl/α,β-unsaturated/α-hetero) is 1. The van der Waals surface area contributed by atoms with E-state index in [-0.39, 0.29) is 11.0 Å². The normalized spacial score (nSPS) is 26.3. The number of carbonyl (C=O) groups is 2. The molecule has 0 aliphatic heterocycles. The van der Waals surface area contributed by atoms with Crippen molar-refractivity contribution in [2.24, 2.45) is 11.8 Å². The van der Waals surface area contributed by atoms with Gasteiger partial charge in [0.25, 0.3) is 0 Å². The lowest BCUT2D eigenvalue weighted by Crippen LogP contribution is -2.42. The monoisotopic (exact) mass is 308 g/mol. The Labute approximate surface area is 129 Å². The molecule has 0 saturated heterocycles. The molecule has 0 amide bonds. The van der Waals surface area contributed by atoms with Gasteiger partial charge in [0.05, 0.1) is 14.7 Å². The lowest BCUT2D eigenvalue weighted by Gasteiger charge is -2.38. The highest BCUT2D eigenvalue weighted by molar-refractivity contribution is 6.91. The number of hydrogen-bond donors (Lipinski definition) is 0. The molecule has 4 heteroatoms. The number of allylic oxidation sites excluding steroid dienone is 2. The van der Waals surface area contributed by atoms with Gasteiger partial charge in [-0.1, -0.05) is 39.4 Å². The molecule has 1 fully saturated rings. The first kappa shape index (κ1) is 16.5. The van der Waals surface area contributed by atoms with E-state index in [1.807, 2.05) is 0 Å². The first-order valence-electron chi connectivity index (χ1n) is 7.94. The molecule has 3 nitrogen and oxygen atoms in total. The molecule has 1 saturated carbocycles. The van der Waals surface area contributed by atoms with E-state index >= 15 is 0 Å². The van der Waals surface area contributed by atoms with Gasteiger partial charge in [-0.05, 0) is 34.9 Å². The Morgan fingerprint density at radius 1 is 1.29 bits per heavy atom. The molecule has 118 valence electrons. The van der Waals surface area contributed by atoms with E-state index in [0.717, 1.165) is 12.8 Å². The lowest BCUT2D eigenvalue weighted by atomic mass is 10.0. The molecule has 2 unspecified atom stereocenters. The standard InChI is InChI=1S/C17H28O3Si/c1-11(18)20-10-12-7-13-9-15(19)16(14(13)8-12)21(5,6)17(2,3)4/h12-13H,7-10H2,1-6H3. The van der Waals surface area contributed by atoms with E-state index in [4.69, 9.17) is 4.74 Å². The van der Waals surface area contributed by atoms with Gasteiger partial charge in [-0.15, -0.1) is 0 Å². The zero-order chi connectivity index (χ0) is 16.0. The Bertz CT molecular complexity index is 497. The molecule has 0 N–H and O–H groups in total. The van der Waals surface area contributed by atoms with E-state index in [1.54, 1.807) is 0 Å². The Kier molecular flexibility index (Phi) is 4.22. The Balaban J connectivity index is 2.25. The third-order valence-electron chi connectivity index (χ3n) is 5.67. The van der Waals surface area contributed by atoms with Crippen LogP contribution in [0, 0.1) is 11.8 Å². The number of esters is 1. The van der Waals surface area contributed by atoms with Gasteiger partial charge >= 0.3 is 5.97 Å². The van der Waals surface area contributed by atoms with Crippen LogP contribution in [0.5, 0.6) is 0 Å². The zero-order valence-corrected chi connectivity index (χ0v) is 15.2. The van der Waals surface area contributed by atoms with Gasteiger partial charge < -0.3 is 4.74 Å². The minimum Gasteiger partial charge on any atom is -0.466 e. The van der Waals surface area contributed by atoms with Crippen LogP contribution < -0.4 is 0 Å². The van der Waals surface area contributed by atoms with E-state index in [0.29, 0.717) is 30.6 Å². The van der Waals surface area contributed by atoms with E-state index < -0.39 is 8.07 Å². The molecule has 0 spiro atoms. The van der Waals surface area contributed by atoms with Crippen LogP contribution in [0.25, 0.3) is 0 Å². The Hall–Kier alpha value is -0.903. The number of ether oxygens (including phenoxy) is 1. The zero-order valence-electron chi connectivity index (χ0n) is 14.2. The summed E-state index contributed by atoms with van der Waals surface area (Å²) in [6.45, 7) is 13.4. The van der Waals surface area contributed by atoms with Crippen molar-refractivity contribution in [2.45, 2.75) is 65.1 Å². The average Bonchev–Trinajstić information content (AvgIpc) is 2.80. The highest BCUT2D eigenvalue weighted by Gasteiger charge is 2.49. The van der Waals surface area contributed by atoms with Crippen molar-refractivity contribution in [1.82, 2.24) is 0 Å². The molecule has 0 heterocycles. The second-order valence-electron chi connectivity index (χ2n) is 8.21. The predicted molar refractivity (Wildman–Crippen MR) is 86.7 cm³/mol. The smallest absolute Gasteiger partial charge is 0.302 e. The summed E-state index contributed by atoms with van der Waals surface area (Å²) in [5, 5.41) is 1.39. The summed E-state index contributed by atoms with van der Waals surface area (Å²) < 4.78 is 5.17. The Morgan fingerprint density at radius 2 is 1.90 bits per heavy atom. The molecule has 0 aromatic carbocycles. The fourth-order valence-electron chi connectivity index (χ4n) is 3.61. The molecule has 0 bridgehead atoms. The number of hydrogen-bond acceptors (Lipinski definition) is 3. The maximum absolute atomic E-state index is 12.5. The van der Waals surface area contributed by atoms with Gasteiger partial charge in [0.15, 0.2) is 5.78 Å². The van der Waals surface area contributed by atoms with Gasteiger partial charge in [0, 0.05) is 13.3 Å². The van der Waals surface area contributed by atoms with Crippen LogP contribution in [0.3, 0.4) is 0 Å². The Morgan fingerprint density at radius 3 is 2.43 bits per heavy atom. The van der Waals surface area contributed by atoms with E-state index in [2.05, 4.69) is 33.9 Å². The van der Waals surface area contributed by atoms with Gasteiger partial charge in [-0.3, -0.25) is 9.59 Å². The first-order chi connectivity index (χ1) is 9.54. The van der Waals surface area contributed by atoms with Gasteiger partial charge in [0.2, 0.25) is 0 Å². The number of carbonyl (C=O) groups excluding carboxylic acids is 2. The van der Waals surface area contributed by atoms with E-state index in [9.17, 15) is 9.59 Å². The molecule has 0 aromatic rings. The van der Waals surface area contributed by atoms with Crippen LogP contribution in [0.2, 0.25) is 18.1 Å². The quantitative estimate of drug-likeness (QED) is 0.587. The van der Waals surface area contributed by atoms with Gasteiger partial charge in [-0.2, -0.15) is 0 Å². The summed E-state index contributed by atoms with van der Waals surface area (Å²) in [6.07, 6.45) is 2.64. The highest BCUT2D eigenvalue weighted by atomic mass is 28.3. The van der Waals surface area contributed by atoms with Crippen molar-refractivity contribution >= 4 is 19.8 Å². The van der Waals surface area contributed by atoms with Crippen molar-refractivity contribution in [3.63, 3.8) is 0 Å². The van der Waals surface area contributed by atoms with Crippen LogP contribution in [-0.4, -0.2) is 26.4 Å². The fourth-order valence-corrected chi connectivity index (χ4v) is 6.27. The third-order valence-corrected chi connectivity index (χ3v) is 11.3. The van der Waals surface area contributed by atoms with Crippen LogP contribution in [0.15, 0.2) is 10.8 Å². The molecular weight excluding hydrogens is 280 g/mol. The summed E-state index contributed by atoms with van der Waals surface area (Å²) in [5.41, 5.74) is 1.41. The number of rotatable bonds is 3. The first-order valence-corrected chi connectivity index (χ1v) is 10.9. The molecule has 0 aromatic heterocycles. The molecule has 2 atom stereocenters. The maximum atomic E-state index is 12.5. The van der Waals surface area contributed by atoms with Crippen LogP contribution in [0.4, 0.5) is 0 Å². The van der Waals surface area contributed by atoms with E-state index in [1.165, 1.54) is 17.7 Å². The summed E-state index contributed by atoms with van der Waals surface area (Å²) in [5.74, 6) is 1.01. The summed E-state index contributed by atoms with van der Waals surface area (Å²) in [6, 6.07) is 0. The number of fused-ring (bicyclic) bond motifs is 1. The minimum atomic E-state index is -1.77. The molecular formula is C17H28O3Si. The van der Waals surface area contributed by atoms with Crippen molar-refractivity contribution in [3.8, 4) is 0 Å². The second kappa shape index (κ2) is 5.38. The van der Waals surface area contributed by atoms with Crippen molar-refractivity contribution in [1.29, 1.82) is 0 Å². The van der Waals surface area contributed by atoms with Crippen LogP contribution >= 0.6 is 0 Å². The molecule has 21 heavy (non-hydrogen) atoms. The minimum absolute atomic E-state index is 0.188. The number of ketones is 1. The highest BCUT2D eigenvalue weighted by Crippen LogP contribution is 2.51. The average molecular weight is 308 g/mol. The molecule has 0 radical (unpaired) electrons. The van der Waals surface area contributed by atoms with Crippen LogP contribution in [-0.2, 0) is 14.3 Å². The third kappa shape index (κ3) is 3.01. The van der Waals surface area contributed by atoms with Crippen molar-refractivity contribution in [2.75, 3.05) is 6.61 Å². The van der Waals surface area contributed by atoms with Gasteiger partial charge in [-0.25, -0.2) is 0 Å².